The number of carbonyl (C=O) groups is 2. The van der Waals surface area contributed by atoms with Crippen LogP contribution in [0.3, 0.4) is 0 Å². The Kier molecular flexibility index (Phi) is 4.17. The smallest absolute Gasteiger partial charge is 0.366 e. The van der Waals surface area contributed by atoms with Crippen molar-refractivity contribution >= 4 is 24.6 Å². The lowest BCUT2D eigenvalue weighted by molar-refractivity contribution is -0.138. The Balaban J connectivity index is 3.35. The fourth-order valence-corrected chi connectivity index (χ4v) is 1.42. The minimum Gasteiger partial charge on any atom is -0.366 e. The Hall–Kier alpha value is -1.77. The summed E-state index contributed by atoms with van der Waals surface area (Å²) in [6, 6.07) is 0.627. The van der Waals surface area contributed by atoms with E-state index in [0.717, 1.165) is 6.20 Å². The van der Waals surface area contributed by atoms with Crippen molar-refractivity contribution in [1.29, 1.82) is 0 Å². The van der Waals surface area contributed by atoms with E-state index in [2.05, 4.69) is 17.8 Å². The number of carbonyl (C=O) groups excluding carboxylic acids is 2. The molecule has 98 valence electrons. The molecule has 0 aliphatic heterocycles. The molecule has 0 spiro atoms. The molecule has 0 unspecified atom stereocenters. The van der Waals surface area contributed by atoms with Crippen molar-refractivity contribution in [3.8, 4) is 0 Å². The van der Waals surface area contributed by atoms with Crippen LogP contribution in [0, 0.1) is 0 Å². The molecule has 5 nitrogen and oxygen atoms in total. The van der Waals surface area contributed by atoms with Gasteiger partial charge in [-0.15, -0.1) is 0 Å². The summed E-state index contributed by atoms with van der Waals surface area (Å²) in [5.74, 6) is -2.00. The Bertz CT molecular complexity index is 490. The second-order valence-electron chi connectivity index (χ2n) is 3.25. The normalized spacial score (nSPS) is 11.1. The number of halogens is 3. The number of primary amides is 1. The highest BCUT2D eigenvalue weighted by Crippen LogP contribution is 2.32. The zero-order valence-electron chi connectivity index (χ0n) is 8.78. The Morgan fingerprint density at radius 1 is 1.44 bits per heavy atom. The highest BCUT2D eigenvalue weighted by atomic mass is 32.1. The first-order valence-electron chi connectivity index (χ1n) is 4.55. The van der Waals surface area contributed by atoms with Crippen molar-refractivity contribution < 1.29 is 22.8 Å². The molecule has 0 aromatic carbocycles. The molecule has 0 saturated heterocycles. The van der Waals surface area contributed by atoms with E-state index in [1.54, 1.807) is 0 Å². The van der Waals surface area contributed by atoms with E-state index in [0.29, 0.717) is 6.07 Å². The predicted octanol–water partition coefficient (Wildman–Crippen LogP) is 0.703. The van der Waals surface area contributed by atoms with Gasteiger partial charge >= 0.3 is 6.18 Å². The second kappa shape index (κ2) is 5.25. The highest BCUT2D eigenvalue weighted by molar-refractivity contribution is 7.78. The third-order valence-electron chi connectivity index (χ3n) is 2.03. The first-order valence-corrected chi connectivity index (χ1v) is 5.00. The maximum Gasteiger partial charge on any atom is 0.417 e. The first kappa shape index (κ1) is 14.3. The van der Waals surface area contributed by atoms with Crippen LogP contribution in [0.4, 0.5) is 13.2 Å². The fourth-order valence-electron chi connectivity index (χ4n) is 1.34. The zero-order chi connectivity index (χ0) is 13.9. The van der Waals surface area contributed by atoms with Gasteiger partial charge in [-0.1, -0.05) is 12.8 Å². The van der Waals surface area contributed by atoms with E-state index in [-0.39, 0.29) is 5.69 Å². The van der Waals surface area contributed by atoms with E-state index in [1.165, 1.54) is 0 Å². The minimum atomic E-state index is -4.75. The van der Waals surface area contributed by atoms with E-state index in [4.69, 9.17) is 5.73 Å². The SMILES string of the molecule is NC(=O)c1c(C(F)(F)F)ccnc1CC(=O)NS. The number of hydrogen-bond acceptors (Lipinski definition) is 4. The standard InChI is InChI=1S/C9H8F3N3O2S/c10-9(11,12)4-1-2-14-5(3-6(16)15-18)7(4)8(13)17/h1-2,18H,3H2,(H2,13,17)(H,15,16). The number of amides is 2. The van der Waals surface area contributed by atoms with Crippen LogP contribution in [-0.4, -0.2) is 16.8 Å². The van der Waals surface area contributed by atoms with Gasteiger partial charge in [-0.25, -0.2) is 0 Å². The van der Waals surface area contributed by atoms with Crippen LogP contribution in [0.1, 0.15) is 21.6 Å². The summed E-state index contributed by atoms with van der Waals surface area (Å²) in [6.45, 7) is 0. The van der Waals surface area contributed by atoms with Gasteiger partial charge in [0.25, 0.3) is 5.91 Å². The molecule has 0 atom stereocenters. The summed E-state index contributed by atoms with van der Waals surface area (Å²) >= 11 is 3.45. The zero-order valence-corrected chi connectivity index (χ0v) is 9.68. The van der Waals surface area contributed by atoms with Crippen LogP contribution in [0.15, 0.2) is 12.3 Å². The molecular formula is C9H8F3N3O2S. The number of thiol groups is 1. The van der Waals surface area contributed by atoms with Gasteiger partial charge in [0.2, 0.25) is 5.91 Å². The predicted molar refractivity (Wildman–Crippen MR) is 58.6 cm³/mol. The summed E-state index contributed by atoms with van der Waals surface area (Å²) in [6.07, 6.45) is -4.42. The number of rotatable bonds is 3. The quantitative estimate of drug-likeness (QED) is 0.712. The molecule has 0 fully saturated rings. The summed E-state index contributed by atoms with van der Waals surface area (Å²) in [5.41, 5.74) is 2.54. The second-order valence-corrected chi connectivity index (χ2v) is 3.48. The lowest BCUT2D eigenvalue weighted by atomic mass is 10.0. The molecule has 9 heteroatoms. The first-order chi connectivity index (χ1) is 8.27. The third kappa shape index (κ3) is 3.13. The van der Waals surface area contributed by atoms with Crippen LogP contribution < -0.4 is 10.5 Å². The van der Waals surface area contributed by atoms with Gasteiger partial charge < -0.3 is 10.5 Å². The van der Waals surface area contributed by atoms with Crippen molar-refractivity contribution in [3.63, 3.8) is 0 Å². The van der Waals surface area contributed by atoms with E-state index >= 15 is 0 Å². The molecule has 2 amide bonds. The molecule has 0 saturated carbocycles. The molecule has 0 radical (unpaired) electrons. The van der Waals surface area contributed by atoms with Gasteiger partial charge in [-0.3, -0.25) is 14.6 Å². The van der Waals surface area contributed by atoms with Crippen LogP contribution in [0.25, 0.3) is 0 Å². The molecule has 0 aliphatic rings. The summed E-state index contributed by atoms with van der Waals surface area (Å²) < 4.78 is 39.9. The molecule has 0 bridgehead atoms. The van der Waals surface area contributed by atoms with Crippen molar-refractivity contribution in [3.05, 3.63) is 29.1 Å². The molecule has 1 heterocycles. The monoisotopic (exact) mass is 279 g/mol. The molecule has 0 aliphatic carbocycles. The maximum absolute atomic E-state index is 12.7. The number of hydrogen-bond donors (Lipinski definition) is 3. The molecule has 18 heavy (non-hydrogen) atoms. The van der Waals surface area contributed by atoms with Crippen molar-refractivity contribution in [2.24, 2.45) is 5.73 Å². The molecule has 1 rings (SSSR count). The van der Waals surface area contributed by atoms with E-state index in [1.807, 2.05) is 4.72 Å². The van der Waals surface area contributed by atoms with Gasteiger partial charge in [0.15, 0.2) is 0 Å². The molecule has 1 aromatic rings. The molecular weight excluding hydrogens is 271 g/mol. The van der Waals surface area contributed by atoms with Crippen LogP contribution in [-0.2, 0) is 17.4 Å². The number of aromatic nitrogens is 1. The van der Waals surface area contributed by atoms with Crippen molar-refractivity contribution in [2.75, 3.05) is 0 Å². The molecule has 3 N–H and O–H groups in total. The fraction of sp³-hybridized carbons (Fsp3) is 0.222. The number of nitrogens with zero attached hydrogens (tertiary/aromatic N) is 1. The van der Waals surface area contributed by atoms with Crippen LogP contribution in [0.2, 0.25) is 0 Å². The minimum absolute atomic E-state index is 0.344. The summed E-state index contributed by atoms with van der Waals surface area (Å²) in [4.78, 5) is 25.7. The van der Waals surface area contributed by atoms with Crippen LogP contribution >= 0.6 is 12.8 Å². The summed E-state index contributed by atoms with van der Waals surface area (Å²) in [7, 11) is 0. The number of nitrogens with two attached hydrogens (primary N) is 1. The topological polar surface area (TPSA) is 85.1 Å². The highest BCUT2D eigenvalue weighted by Gasteiger charge is 2.36. The van der Waals surface area contributed by atoms with Crippen molar-refractivity contribution in [1.82, 2.24) is 9.71 Å². The number of pyridine rings is 1. The lowest BCUT2D eigenvalue weighted by Gasteiger charge is -2.13. The van der Waals surface area contributed by atoms with Crippen LogP contribution in [0.5, 0.6) is 0 Å². The van der Waals surface area contributed by atoms with Gasteiger partial charge in [0, 0.05) is 6.20 Å². The number of alkyl halides is 3. The van der Waals surface area contributed by atoms with Gasteiger partial charge in [0.05, 0.1) is 23.2 Å². The maximum atomic E-state index is 12.7. The van der Waals surface area contributed by atoms with E-state index < -0.39 is 35.5 Å². The molecule has 1 aromatic heterocycles. The van der Waals surface area contributed by atoms with Gasteiger partial charge in [0.1, 0.15) is 0 Å². The van der Waals surface area contributed by atoms with Gasteiger partial charge in [-0.05, 0) is 6.07 Å². The average Bonchev–Trinajstić information content (AvgIpc) is 2.27. The van der Waals surface area contributed by atoms with E-state index in [9.17, 15) is 22.8 Å². The Labute approximate surface area is 105 Å². The Morgan fingerprint density at radius 2 is 2.06 bits per heavy atom. The Morgan fingerprint density at radius 3 is 2.50 bits per heavy atom. The van der Waals surface area contributed by atoms with Crippen molar-refractivity contribution in [2.45, 2.75) is 12.6 Å². The van der Waals surface area contributed by atoms with Gasteiger partial charge in [-0.2, -0.15) is 13.2 Å². The largest absolute Gasteiger partial charge is 0.417 e. The average molecular weight is 279 g/mol. The summed E-state index contributed by atoms with van der Waals surface area (Å²) in [5, 5.41) is 0. The third-order valence-corrected chi connectivity index (χ3v) is 2.28. The number of nitrogens with one attached hydrogen (secondary N) is 1. The lowest BCUT2D eigenvalue weighted by Crippen LogP contribution is -2.25.